The molecule has 0 unspecified atom stereocenters. The zero-order valence-electron chi connectivity index (χ0n) is 13.3. The molecule has 0 saturated heterocycles. The van der Waals surface area contributed by atoms with Crippen molar-refractivity contribution in [2.24, 2.45) is 5.92 Å². The molecule has 0 aliphatic heterocycles. The zero-order valence-corrected chi connectivity index (χ0v) is 14.9. The average Bonchev–Trinajstić information content (AvgIpc) is 3.36. The van der Waals surface area contributed by atoms with E-state index in [1.165, 1.54) is 12.8 Å². The molecule has 4 heteroatoms. The van der Waals surface area contributed by atoms with Crippen LogP contribution in [-0.4, -0.2) is 19.5 Å². The number of rotatable bonds is 6. The van der Waals surface area contributed by atoms with Gasteiger partial charge in [-0.3, -0.25) is 4.79 Å². The molecule has 0 radical (unpaired) electrons. The van der Waals surface area contributed by atoms with Crippen LogP contribution in [0, 0.1) is 12.8 Å². The number of aryl methyl sites for hydroxylation is 1. The fourth-order valence-electron chi connectivity index (χ4n) is 2.46. The first-order valence-corrected chi connectivity index (χ1v) is 8.49. The number of methoxy groups -OCH3 is 1. The monoisotopic (exact) mass is 374 g/mol. The van der Waals surface area contributed by atoms with Gasteiger partial charge < -0.3 is 9.47 Å². The van der Waals surface area contributed by atoms with Gasteiger partial charge in [0, 0.05) is 15.6 Å². The highest BCUT2D eigenvalue weighted by atomic mass is 79.9. The molecule has 23 heavy (non-hydrogen) atoms. The van der Waals surface area contributed by atoms with E-state index in [1.54, 1.807) is 13.2 Å². The molecule has 0 spiro atoms. The van der Waals surface area contributed by atoms with Gasteiger partial charge in [-0.15, -0.1) is 0 Å². The van der Waals surface area contributed by atoms with Gasteiger partial charge in [0.05, 0.1) is 13.7 Å². The van der Waals surface area contributed by atoms with Gasteiger partial charge in [0.15, 0.2) is 5.78 Å². The smallest absolute Gasteiger partial charge is 0.193 e. The first kappa shape index (κ1) is 16.1. The number of ether oxygens (including phenoxy) is 2. The fourth-order valence-corrected chi connectivity index (χ4v) is 2.93. The molecule has 2 aromatic carbocycles. The summed E-state index contributed by atoms with van der Waals surface area (Å²) in [5.74, 6) is 2.18. The lowest BCUT2D eigenvalue weighted by Crippen LogP contribution is -2.04. The minimum absolute atomic E-state index is 0.0201. The summed E-state index contributed by atoms with van der Waals surface area (Å²) in [6.07, 6.45) is 2.48. The SMILES string of the molecule is COc1ccc(C(=O)c2cc(Br)cc(OCC3CC3)c2)cc1C. The Balaban J connectivity index is 1.84. The molecule has 0 heterocycles. The van der Waals surface area contributed by atoms with Gasteiger partial charge in [-0.1, -0.05) is 15.9 Å². The van der Waals surface area contributed by atoms with E-state index in [2.05, 4.69) is 15.9 Å². The van der Waals surface area contributed by atoms with Crippen molar-refractivity contribution in [3.63, 3.8) is 0 Å². The minimum atomic E-state index is -0.0201. The zero-order chi connectivity index (χ0) is 16.4. The lowest BCUT2D eigenvalue weighted by molar-refractivity contribution is 0.103. The number of carbonyl (C=O) groups is 1. The van der Waals surface area contributed by atoms with E-state index in [0.717, 1.165) is 28.1 Å². The Labute approximate surface area is 144 Å². The Morgan fingerprint density at radius 1 is 1.17 bits per heavy atom. The van der Waals surface area contributed by atoms with Crippen LogP contribution in [0.25, 0.3) is 0 Å². The molecule has 120 valence electrons. The van der Waals surface area contributed by atoms with E-state index >= 15 is 0 Å². The first-order chi connectivity index (χ1) is 11.1. The van der Waals surface area contributed by atoms with E-state index < -0.39 is 0 Å². The van der Waals surface area contributed by atoms with Gasteiger partial charge in [-0.05, 0) is 67.6 Å². The van der Waals surface area contributed by atoms with Crippen LogP contribution in [0.3, 0.4) is 0 Å². The predicted molar refractivity (Wildman–Crippen MR) is 93.5 cm³/mol. The van der Waals surface area contributed by atoms with Crippen molar-refractivity contribution in [1.29, 1.82) is 0 Å². The van der Waals surface area contributed by atoms with Crippen LogP contribution in [0.5, 0.6) is 11.5 Å². The number of hydrogen-bond acceptors (Lipinski definition) is 3. The summed E-state index contributed by atoms with van der Waals surface area (Å²) in [4.78, 5) is 12.7. The van der Waals surface area contributed by atoms with Crippen molar-refractivity contribution in [1.82, 2.24) is 0 Å². The second kappa shape index (κ2) is 6.75. The van der Waals surface area contributed by atoms with Gasteiger partial charge in [0.25, 0.3) is 0 Å². The fraction of sp³-hybridized carbons (Fsp3) is 0.316. The number of benzene rings is 2. The highest BCUT2D eigenvalue weighted by Crippen LogP contribution is 2.31. The van der Waals surface area contributed by atoms with Crippen LogP contribution in [-0.2, 0) is 0 Å². The Hall–Kier alpha value is -1.81. The lowest BCUT2D eigenvalue weighted by Gasteiger charge is -2.10. The van der Waals surface area contributed by atoms with E-state index in [1.807, 2.05) is 37.3 Å². The molecule has 1 aliphatic rings. The molecule has 1 fully saturated rings. The van der Waals surface area contributed by atoms with Gasteiger partial charge in [0.1, 0.15) is 11.5 Å². The summed E-state index contributed by atoms with van der Waals surface area (Å²) < 4.78 is 11.9. The highest BCUT2D eigenvalue weighted by Gasteiger charge is 2.22. The normalized spacial score (nSPS) is 13.7. The van der Waals surface area contributed by atoms with Crippen molar-refractivity contribution in [2.75, 3.05) is 13.7 Å². The quantitative estimate of drug-likeness (QED) is 0.682. The molecule has 2 aromatic rings. The Morgan fingerprint density at radius 3 is 2.61 bits per heavy atom. The second-order valence-electron chi connectivity index (χ2n) is 5.94. The summed E-state index contributed by atoms with van der Waals surface area (Å²) in [6.45, 7) is 2.66. The number of carbonyl (C=O) groups excluding carboxylic acids is 1. The third-order valence-corrected chi connectivity index (χ3v) is 4.43. The van der Waals surface area contributed by atoms with Gasteiger partial charge in [-0.2, -0.15) is 0 Å². The number of ketones is 1. The van der Waals surface area contributed by atoms with Crippen LogP contribution in [0.2, 0.25) is 0 Å². The van der Waals surface area contributed by atoms with Crippen LogP contribution in [0.15, 0.2) is 40.9 Å². The maximum Gasteiger partial charge on any atom is 0.193 e. The third kappa shape index (κ3) is 3.94. The maximum absolute atomic E-state index is 12.7. The topological polar surface area (TPSA) is 35.5 Å². The molecule has 0 aromatic heterocycles. The van der Waals surface area contributed by atoms with E-state index in [-0.39, 0.29) is 5.78 Å². The number of halogens is 1. The van der Waals surface area contributed by atoms with E-state index in [0.29, 0.717) is 17.0 Å². The largest absolute Gasteiger partial charge is 0.496 e. The van der Waals surface area contributed by atoms with Crippen molar-refractivity contribution in [3.8, 4) is 11.5 Å². The third-order valence-electron chi connectivity index (χ3n) is 3.97. The highest BCUT2D eigenvalue weighted by molar-refractivity contribution is 9.10. The molecule has 0 atom stereocenters. The molecule has 3 nitrogen and oxygen atoms in total. The average molecular weight is 375 g/mol. The van der Waals surface area contributed by atoms with Crippen LogP contribution < -0.4 is 9.47 Å². The van der Waals surface area contributed by atoms with Crippen molar-refractivity contribution < 1.29 is 14.3 Å². The van der Waals surface area contributed by atoms with Gasteiger partial charge in [0.2, 0.25) is 0 Å². The maximum atomic E-state index is 12.7. The van der Waals surface area contributed by atoms with Crippen molar-refractivity contribution in [2.45, 2.75) is 19.8 Å². The standard InChI is InChI=1S/C19H19BrO3/c1-12-7-14(5-6-18(12)22-2)19(21)15-8-16(20)10-17(9-15)23-11-13-3-4-13/h5-10,13H,3-4,11H2,1-2H3. The van der Waals surface area contributed by atoms with E-state index in [9.17, 15) is 4.79 Å². The molecule has 1 aliphatic carbocycles. The second-order valence-corrected chi connectivity index (χ2v) is 6.86. The van der Waals surface area contributed by atoms with Gasteiger partial charge in [-0.25, -0.2) is 0 Å². The molecule has 0 N–H and O–H groups in total. The summed E-state index contributed by atoms with van der Waals surface area (Å²) in [5, 5.41) is 0. The molecule has 1 saturated carbocycles. The van der Waals surface area contributed by atoms with Crippen molar-refractivity contribution in [3.05, 3.63) is 57.6 Å². The van der Waals surface area contributed by atoms with E-state index in [4.69, 9.17) is 9.47 Å². The Morgan fingerprint density at radius 2 is 1.96 bits per heavy atom. The first-order valence-electron chi connectivity index (χ1n) is 7.69. The lowest BCUT2D eigenvalue weighted by atomic mass is 10.0. The minimum Gasteiger partial charge on any atom is -0.496 e. The summed E-state index contributed by atoms with van der Waals surface area (Å²) in [6, 6.07) is 11.0. The Kier molecular flexibility index (Phi) is 4.71. The predicted octanol–water partition coefficient (Wildman–Crippen LogP) is 4.79. The molecule has 0 bridgehead atoms. The summed E-state index contributed by atoms with van der Waals surface area (Å²) in [7, 11) is 1.63. The Bertz CT molecular complexity index is 735. The van der Waals surface area contributed by atoms with Crippen LogP contribution >= 0.6 is 15.9 Å². The molecular formula is C19H19BrO3. The molecule has 0 amide bonds. The molecule has 3 rings (SSSR count). The summed E-state index contributed by atoms with van der Waals surface area (Å²) in [5.41, 5.74) is 2.21. The number of hydrogen-bond donors (Lipinski definition) is 0. The van der Waals surface area contributed by atoms with Crippen LogP contribution in [0.1, 0.15) is 34.3 Å². The van der Waals surface area contributed by atoms with Crippen LogP contribution in [0.4, 0.5) is 0 Å². The van der Waals surface area contributed by atoms with Gasteiger partial charge >= 0.3 is 0 Å². The molecular weight excluding hydrogens is 356 g/mol. The summed E-state index contributed by atoms with van der Waals surface area (Å²) >= 11 is 3.46. The van der Waals surface area contributed by atoms with Crippen molar-refractivity contribution >= 4 is 21.7 Å².